The lowest BCUT2D eigenvalue weighted by atomic mass is 9.97. The third kappa shape index (κ3) is 5.64. The molecule has 0 fully saturated rings. The Hall–Kier alpha value is -0.570. The average molecular weight is 187 g/mol. The Morgan fingerprint density at radius 3 is 2.54 bits per heavy atom. The standard InChI is InChI=1S/C10H21NO2/c1-3-6-9(10(12)13-2)7-4-5-8-11/h9H,3-8,11H2,1-2H3. The molecule has 0 aliphatic carbocycles. The molecule has 3 nitrogen and oxygen atoms in total. The molecule has 0 aromatic carbocycles. The Morgan fingerprint density at radius 1 is 1.38 bits per heavy atom. The van der Waals surface area contributed by atoms with E-state index in [1.54, 1.807) is 0 Å². The first-order chi connectivity index (χ1) is 6.26. The number of methoxy groups -OCH3 is 1. The van der Waals surface area contributed by atoms with E-state index < -0.39 is 0 Å². The minimum atomic E-state index is -0.0705. The van der Waals surface area contributed by atoms with Crippen molar-refractivity contribution < 1.29 is 9.53 Å². The number of nitrogens with two attached hydrogens (primary N) is 1. The molecule has 0 radical (unpaired) electrons. The van der Waals surface area contributed by atoms with E-state index in [2.05, 4.69) is 6.92 Å². The van der Waals surface area contributed by atoms with Crippen LogP contribution in [0.3, 0.4) is 0 Å². The lowest BCUT2D eigenvalue weighted by Crippen LogP contribution is -2.16. The molecule has 0 saturated heterocycles. The van der Waals surface area contributed by atoms with Crippen molar-refractivity contribution in [2.45, 2.75) is 39.0 Å². The molecule has 0 aromatic rings. The largest absolute Gasteiger partial charge is 0.469 e. The Balaban J connectivity index is 3.73. The van der Waals surface area contributed by atoms with Gasteiger partial charge in [-0.15, -0.1) is 0 Å². The van der Waals surface area contributed by atoms with Crippen molar-refractivity contribution in [3.63, 3.8) is 0 Å². The zero-order valence-electron chi connectivity index (χ0n) is 8.71. The van der Waals surface area contributed by atoms with Crippen LogP contribution in [0.15, 0.2) is 0 Å². The van der Waals surface area contributed by atoms with Gasteiger partial charge in [0.2, 0.25) is 0 Å². The SMILES string of the molecule is CCCC(CCCCN)C(=O)OC. The molecule has 0 aromatic heterocycles. The lowest BCUT2D eigenvalue weighted by molar-refractivity contribution is -0.146. The summed E-state index contributed by atoms with van der Waals surface area (Å²) >= 11 is 0. The highest BCUT2D eigenvalue weighted by molar-refractivity contribution is 5.72. The van der Waals surface area contributed by atoms with E-state index in [1.165, 1.54) is 7.11 Å². The minimum absolute atomic E-state index is 0.0705. The minimum Gasteiger partial charge on any atom is -0.469 e. The van der Waals surface area contributed by atoms with E-state index in [9.17, 15) is 4.79 Å². The highest BCUT2D eigenvalue weighted by Crippen LogP contribution is 2.15. The first-order valence-corrected chi connectivity index (χ1v) is 5.04. The number of hydrogen-bond acceptors (Lipinski definition) is 3. The average Bonchev–Trinajstić information content (AvgIpc) is 2.16. The van der Waals surface area contributed by atoms with Gasteiger partial charge < -0.3 is 10.5 Å². The van der Waals surface area contributed by atoms with Crippen molar-refractivity contribution in [2.24, 2.45) is 11.7 Å². The summed E-state index contributed by atoms with van der Waals surface area (Å²) in [6.07, 6.45) is 4.89. The van der Waals surface area contributed by atoms with Crippen molar-refractivity contribution in [3.8, 4) is 0 Å². The number of carbonyl (C=O) groups is 1. The summed E-state index contributed by atoms with van der Waals surface area (Å²) in [6, 6.07) is 0. The second-order valence-electron chi connectivity index (χ2n) is 3.29. The van der Waals surface area contributed by atoms with E-state index in [1.807, 2.05) is 0 Å². The van der Waals surface area contributed by atoms with Gasteiger partial charge in [-0.05, 0) is 25.8 Å². The molecule has 13 heavy (non-hydrogen) atoms. The molecule has 78 valence electrons. The van der Waals surface area contributed by atoms with Crippen molar-refractivity contribution in [2.75, 3.05) is 13.7 Å². The maximum absolute atomic E-state index is 11.2. The fourth-order valence-corrected chi connectivity index (χ4v) is 1.43. The number of carbonyl (C=O) groups excluding carboxylic acids is 1. The van der Waals surface area contributed by atoms with Gasteiger partial charge in [0.25, 0.3) is 0 Å². The number of ether oxygens (including phenoxy) is 1. The van der Waals surface area contributed by atoms with Crippen LogP contribution >= 0.6 is 0 Å². The van der Waals surface area contributed by atoms with Gasteiger partial charge in [0.1, 0.15) is 0 Å². The number of hydrogen-bond donors (Lipinski definition) is 1. The summed E-state index contributed by atoms with van der Waals surface area (Å²) in [6.45, 7) is 2.79. The van der Waals surface area contributed by atoms with Gasteiger partial charge in [-0.3, -0.25) is 4.79 Å². The maximum Gasteiger partial charge on any atom is 0.308 e. The summed E-state index contributed by atoms with van der Waals surface area (Å²) in [7, 11) is 1.45. The summed E-state index contributed by atoms with van der Waals surface area (Å²) in [5, 5.41) is 0. The fraction of sp³-hybridized carbons (Fsp3) is 0.900. The van der Waals surface area contributed by atoms with E-state index in [0.29, 0.717) is 6.54 Å². The molecule has 2 N–H and O–H groups in total. The van der Waals surface area contributed by atoms with Gasteiger partial charge in [-0.25, -0.2) is 0 Å². The van der Waals surface area contributed by atoms with Gasteiger partial charge in [0, 0.05) is 0 Å². The zero-order valence-corrected chi connectivity index (χ0v) is 8.71. The Morgan fingerprint density at radius 2 is 2.08 bits per heavy atom. The predicted octanol–water partition coefficient (Wildman–Crippen LogP) is 1.70. The van der Waals surface area contributed by atoms with Crippen LogP contribution in [-0.2, 0) is 9.53 Å². The molecule has 1 unspecified atom stereocenters. The van der Waals surface area contributed by atoms with Gasteiger partial charge in [-0.1, -0.05) is 19.8 Å². The third-order valence-electron chi connectivity index (χ3n) is 2.18. The highest BCUT2D eigenvalue weighted by Gasteiger charge is 2.16. The molecule has 0 rings (SSSR count). The first-order valence-electron chi connectivity index (χ1n) is 5.04. The van der Waals surface area contributed by atoms with E-state index in [-0.39, 0.29) is 11.9 Å². The summed E-state index contributed by atoms with van der Waals surface area (Å²) < 4.78 is 4.73. The van der Waals surface area contributed by atoms with Crippen LogP contribution in [0.1, 0.15) is 39.0 Å². The normalized spacial score (nSPS) is 12.5. The first kappa shape index (κ1) is 12.4. The molecule has 0 heterocycles. The molecule has 3 heteroatoms. The van der Waals surface area contributed by atoms with Gasteiger partial charge in [-0.2, -0.15) is 0 Å². The topological polar surface area (TPSA) is 52.3 Å². The smallest absolute Gasteiger partial charge is 0.308 e. The molecule has 1 atom stereocenters. The highest BCUT2D eigenvalue weighted by atomic mass is 16.5. The quantitative estimate of drug-likeness (QED) is 0.487. The molecule has 0 spiro atoms. The van der Waals surface area contributed by atoms with Crippen molar-refractivity contribution in [1.82, 2.24) is 0 Å². The molecule has 0 amide bonds. The third-order valence-corrected chi connectivity index (χ3v) is 2.18. The lowest BCUT2D eigenvalue weighted by Gasteiger charge is -2.12. The van der Waals surface area contributed by atoms with Crippen LogP contribution < -0.4 is 5.73 Å². The van der Waals surface area contributed by atoms with Crippen LogP contribution in [0.2, 0.25) is 0 Å². The van der Waals surface area contributed by atoms with E-state index >= 15 is 0 Å². The van der Waals surface area contributed by atoms with Crippen LogP contribution in [-0.4, -0.2) is 19.6 Å². The van der Waals surface area contributed by atoms with Crippen molar-refractivity contribution in [1.29, 1.82) is 0 Å². The predicted molar refractivity (Wildman–Crippen MR) is 53.3 cm³/mol. The monoisotopic (exact) mass is 187 g/mol. The molecular formula is C10H21NO2. The van der Waals surface area contributed by atoms with Gasteiger partial charge >= 0.3 is 5.97 Å². The van der Waals surface area contributed by atoms with Crippen molar-refractivity contribution in [3.05, 3.63) is 0 Å². The molecule has 0 bridgehead atoms. The molecule has 0 aliphatic rings. The fourth-order valence-electron chi connectivity index (χ4n) is 1.43. The molecule has 0 saturated carbocycles. The maximum atomic E-state index is 11.2. The van der Waals surface area contributed by atoms with Gasteiger partial charge in [0.05, 0.1) is 13.0 Å². The number of unbranched alkanes of at least 4 members (excludes halogenated alkanes) is 1. The van der Waals surface area contributed by atoms with Crippen molar-refractivity contribution >= 4 is 5.97 Å². The number of esters is 1. The molecular weight excluding hydrogens is 166 g/mol. The summed E-state index contributed by atoms with van der Waals surface area (Å²) in [5.41, 5.74) is 5.38. The second-order valence-corrected chi connectivity index (χ2v) is 3.29. The van der Waals surface area contributed by atoms with Crippen LogP contribution in [0.5, 0.6) is 0 Å². The Bertz CT molecular complexity index is 137. The second kappa shape index (κ2) is 8.05. The van der Waals surface area contributed by atoms with Crippen LogP contribution in [0, 0.1) is 5.92 Å². The Kier molecular flexibility index (Phi) is 7.69. The van der Waals surface area contributed by atoms with Crippen LogP contribution in [0.25, 0.3) is 0 Å². The summed E-state index contributed by atoms with van der Waals surface area (Å²) in [4.78, 5) is 11.2. The van der Waals surface area contributed by atoms with E-state index in [0.717, 1.165) is 32.1 Å². The van der Waals surface area contributed by atoms with E-state index in [4.69, 9.17) is 10.5 Å². The van der Waals surface area contributed by atoms with Crippen LogP contribution in [0.4, 0.5) is 0 Å². The van der Waals surface area contributed by atoms with Gasteiger partial charge in [0.15, 0.2) is 0 Å². The summed E-state index contributed by atoms with van der Waals surface area (Å²) in [5.74, 6) is 0.0143. The Labute approximate surface area is 80.6 Å². The number of rotatable bonds is 7. The zero-order chi connectivity index (χ0) is 10.1. The molecule has 0 aliphatic heterocycles.